The fraction of sp³-hybridized carbons (Fsp3) is 0.591. The van der Waals surface area contributed by atoms with E-state index < -0.39 is 32.5 Å². The first-order valence-electron chi connectivity index (χ1n) is 20.0. The van der Waals surface area contributed by atoms with E-state index >= 15 is 0 Å². The third-order valence-electron chi connectivity index (χ3n) is 7.69. The van der Waals surface area contributed by atoms with Gasteiger partial charge in [0, 0.05) is 12.8 Å². The van der Waals surface area contributed by atoms with Crippen LogP contribution >= 0.6 is 7.82 Å². The SMILES string of the molecule is CC/C=C/C=C/C=C/C=C/CCCCCC(=O)OC(COC(=O)CCC/C=C/C/C=C/C/C=C/C/C=C/CCCCC)COP(=O)(O)OCC[N+](C)(C)C. The second-order valence-electron chi connectivity index (χ2n) is 14.0. The fourth-order valence-corrected chi connectivity index (χ4v) is 5.28. The molecular weight excluding hydrogens is 701 g/mol. The van der Waals surface area contributed by atoms with Gasteiger partial charge in [-0.05, 0) is 70.6 Å². The molecule has 0 aromatic rings. The molecule has 0 aromatic carbocycles. The van der Waals surface area contributed by atoms with Gasteiger partial charge in [-0.2, -0.15) is 0 Å². The molecule has 9 nitrogen and oxygen atoms in total. The Morgan fingerprint density at radius 3 is 1.76 bits per heavy atom. The van der Waals surface area contributed by atoms with Crippen LogP contribution in [0.2, 0.25) is 0 Å². The van der Waals surface area contributed by atoms with Crippen molar-refractivity contribution >= 4 is 19.8 Å². The lowest BCUT2D eigenvalue weighted by atomic mass is 10.1. The minimum absolute atomic E-state index is 0.00925. The smallest absolute Gasteiger partial charge is 0.462 e. The number of likely N-dealkylation sites (N-methyl/N-ethyl adjacent to an activating group) is 1. The number of allylic oxidation sites excluding steroid dienone is 16. The first-order chi connectivity index (χ1) is 26.0. The fourth-order valence-electron chi connectivity index (χ4n) is 4.54. The van der Waals surface area contributed by atoms with Crippen molar-refractivity contribution in [3.63, 3.8) is 0 Å². The molecule has 54 heavy (non-hydrogen) atoms. The van der Waals surface area contributed by atoms with Gasteiger partial charge >= 0.3 is 19.8 Å². The Hall–Kier alpha value is -3.07. The average Bonchev–Trinajstić information content (AvgIpc) is 3.12. The van der Waals surface area contributed by atoms with Crippen molar-refractivity contribution < 1.29 is 42.1 Å². The van der Waals surface area contributed by atoms with Gasteiger partial charge in [-0.3, -0.25) is 18.6 Å². The lowest BCUT2D eigenvalue weighted by Crippen LogP contribution is -2.37. The molecule has 0 aliphatic rings. The summed E-state index contributed by atoms with van der Waals surface area (Å²) in [6, 6.07) is 0. The van der Waals surface area contributed by atoms with Crippen molar-refractivity contribution in [1.29, 1.82) is 0 Å². The van der Waals surface area contributed by atoms with Crippen LogP contribution in [0, 0.1) is 0 Å². The number of unbranched alkanes of at least 4 members (excludes halogenated alkanes) is 7. The topological polar surface area (TPSA) is 108 Å². The molecule has 0 radical (unpaired) electrons. The van der Waals surface area contributed by atoms with Crippen molar-refractivity contribution in [1.82, 2.24) is 0 Å². The number of esters is 2. The number of nitrogens with zero attached hydrogens (tertiary/aromatic N) is 1. The predicted octanol–water partition coefficient (Wildman–Crippen LogP) is 11.0. The number of hydrogen-bond acceptors (Lipinski definition) is 7. The monoisotopic (exact) mass is 775 g/mol. The largest absolute Gasteiger partial charge is 0.472 e. The second-order valence-corrected chi connectivity index (χ2v) is 15.5. The third kappa shape index (κ3) is 38.6. The zero-order chi connectivity index (χ0) is 40.0. The maximum atomic E-state index is 12.6. The highest BCUT2D eigenvalue weighted by molar-refractivity contribution is 7.47. The third-order valence-corrected chi connectivity index (χ3v) is 8.68. The normalized spacial score (nSPS) is 14.7. The van der Waals surface area contributed by atoms with Crippen LogP contribution in [0.3, 0.4) is 0 Å². The minimum Gasteiger partial charge on any atom is -0.462 e. The van der Waals surface area contributed by atoms with Crippen molar-refractivity contribution in [2.45, 2.75) is 123 Å². The highest BCUT2D eigenvalue weighted by Crippen LogP contribution is 2.43. The van der Waals surface area contributed by atoms with E-state index in [1.54, 1.807) is 0 Å². The van der Waals surface area contributed by atoms with Crippen LogP contribution in [0.5, 0.6) is 0 Å². The van der Waals surface area contributed by atoms with Crippen molar-refractivity contribution in [3.05, 3.63) is 97.2 Å². The molecule has 0 fully saturated rings. The summed E-state index contributed by atoms with van der Waals surface area (Å²) < 4.78 is 34.1. The zero-order valence-corrected chi connectivity index (χ0v) is 35.1. The Labute approximate surface area is 328 Å². The summed E-state index contributed by atoms with van der Waals surface area (Å²) in [6.07, 6.45) is 46.1. The van der Waals surface area contributed by atoms with E-state index in [2.05, 4.69) is 68.5 Å². The highest BCUT2D eigenvalue weighted by Gasteiger charge is 2.27. The molecule has 0 saturated heterocycles. The number of carbonyl (C=O) groups is 2. The molecule has 2 atom stereocenters. The summed E-state index contributed by atoms with van der Waals surface area (Å²) in [7, 11) is 1.40. The lowest BCUT2D eigenvalue weighted by molar-refractivity contribution is -0.870. The first-order valence-corrected chi connectivity index (χ1v) is 21.5. The van der Waals surface area contributed by atoms with Crippen molar-refractivity contribution in [3.8, 4) is 0 Å². The average molecular weight is 775 g/mol. The van der Waals surface area contributed by atoms with E-state index in [1.165, 1.54) is 25.7 Å². The second kappa shape index (κ2) is 35.6. The standard InChI is InChI=1S/C44H72NO8P/c1-6-8-10-12-14-16-18-20-21-22-23-25-26-28-30-32-34-36-43(46)50-40-42(41-52-54(48,49)51-39-38-45(3,4)5)53-44(47)37-35-33-31-29-27-24-19-17-15-13-11-9-7-2/h9,11,13-17,19-21,23-25,27-28,30,42H,6-8,10,12,18,22,26,29,31-41H2,1-5H3/p+1/b11-9+,15-13+,16-14+,19-17+,21-20+,25-23+,27-24+,30-28+. The van der Waals surface area contributed by atoms with Gasteiger partial charge in [-0.25, -0.2) is 4.57 Å². The van der Waals surface area contributed by atoms with Crippen molar-refractivity contribution in [2.24, 2.45) is 0 Å². The molecule has 0 bridgehead atoms. The number of ether oxygens (including phenoxy) is 2. The zero-order valence-electron chi connectivity index (χ0n) is 34.2. The van der Waals surface area contributed by atoms with Crippen LogP contribution in [0.1, 0.15) is 117 Å². The number of phosphoric ester groups is 1. The summed E-state index contributed by atoms with van der Waals surface area (Å²) in [5.74, 6) is -0.924. The maximum Gasteiger partial charge on any atom is 0.472 e. The predicted molar refractivity (Wildman–Crippen MR) is 224 cm³/mol. The Bertz CT molecular complexity index is 1240. The minimum atomic E-state index is -4.40. The van der Waals surface area contributed by atoms with E-state index in [9.17, 15) is 19.0 Å². The van der Waals surface area contributed by atoms with Crippen LogP contribution in [-0.2, 0) is 32.7 Å². The molecule has 0 aliphatic heterocycles. The van der Waals surface area contributed by atoms with Gasteiger partial charge in [-0.1, -0.05) is 130 Å². The molecule has 306 valence electrons. The van der Waals surface area contributed by atoms with Gasteiger partial charge in [-0.15, -0.1) is 0 Å². The molecule has 10 heteroatoms. The molecule has 0 rings (SSSR count). The Balaban J connectivity index is 4.59. The molecule has 0 aromatic heterocycles. The Kier molecular flexibility index (Phi) is 33.6. The molecule has 0 amide bonds. The van der Waals surface area contributed by atoms with Gasteiger partial charge in [0.2, 0.25) is 0 Å². The Morgan fingerprint density at radius 1 is 0.611 bits per heavy atom. The lowest BCUT2D eigenvalue weighted by Gasteiger charge is -2.24. The van der Waals surface area contributed by atoms with E-state index in [4.69, 9.17) is 18.5 Å². The highest BCUT2D eigenvalue weighted by atomic mass is 31.2. The van der Waals surface area contributed by atoms with Crippen LogP contribution in [-0.4, -0.2) is 74.9 Å². The van der Waals surface area contributed by atoms with Crippen LogP contribution < -0.4 is 0 Å². The van der Waals surface area contributed by atoms with E-state index in [-0.39, 0.29) is 26.1 Å². The molecular formula is C44H73NO8P+. The summed E-state index contributed by atoms with van der Waals surface area (Å²) in [5.41, 5.74) is 0. The molecule has 0 spiro atoms. The van der Waals surface area contributed by atoms with E-state index in [1.807, 2.05) is 63.7 Å². The maximum absolute atomic E-state index is 12.6. The first kappa shape index (κ1) is 50.9. The van der Waals surface area contributed by atoms with Gasteiger partial charge in [0.1, 0.15) is 19.8 Å². The van der Waals surface area contributed by atoms with Gasteiger partial charge in [0.15, 0.2) is 6.10 Å². The number of carbonyl (C=O) groups excluding carboxylic acids is 2. The molecule has 2 unspecified atom stereocenters. The van der Waals surface area contributed by atoms with Gasteiger partial charge in [0.25, 0.3) is 0 Å². The number of quaternary nitrogens is 1. The summed E-state index contributed by atoms with van der Waals surface area (Å²) in [5, 5.41) is 0. The Morgan fingerprint density at radius 2 is 1.15 bits per heavy atom. The van der Waals surface area contributed by atoms with Crippen LogP contribution in [0.25, 0.3) is 0 Å². The van der Waals surface area contributed by atoms with E-state index in [0.29, 0.717) is 23.9 Å². The molecule has 0 saturated carbocycles. The van der Waals surface area contributed by atoms with Gasteiger partial charge in [0.05, 0.1) is 27.7 Å². The quantitative estimate of drug-likeness (QED) is 0.0172. The number of rotatable bonds is 34. The summed E-state index contributed by atoms with van der Waals surface area (Å²) in [4.78, 5) is 35.2. The van der Waals surface area contributed by atoms with Gasteiger partial charge < -0.3 is 18.9 Å². The van der Waals surface area contributed by atoms with Crippen LogP contribution in [0.15, 0.2) is 97.2 Å². The number of phosphoric acid groups is 1. The molecule has 0 heterocycles. The summed E-state index contributed by atoms with van der Waals surface area (Å²) in [6.45, 7) is 4.09. The van der Waals surface area contributed by atoms with Crippen LogP contribution in [0.4, 0.5) is 0 Å². The molecule has 1 N–H and O–H groups in total. The number of hydrogen-bond donors (Lipinski definition) is 1. The summed E-state index contributed by atoms with van der Waals surface area (Å²) >= 11 is 0. The van der Waals surface area contributed by atoms with E-state index in [0.717, 1.165) is 51.4 Å². The van der Waals surface area contributed by atoms with Crippen molar-refractivity contribution in [2.75, 3.05) is 47.5 Å². The molecule has 0 aliphatic carbocycles.